The molecule has 2 aromatic rings. The van der Waals surface area contributed by atoms with Gasteiger partial charge in [0.1, 0.15) is 24.0 Å². The topological polar surface area (TPSA) is 109 Å². The van der Waals surface area contributed by atoms with Crippen LogP contribution in [0, 0.1) is 11.3 Å². The van der Waals surface area contributed by atoms with Crippen molar-refractivity contribution in [2.75, 3.05) is 0 Å². The van der Waals surface area contributed by atoms with Crippen molar-refractivity contribution in [3.05, 3.63) is 61.7 Å². The number of nitrogens with two attached hydrogens (primary N) is 1. The fourth-order valence-corrected chi connectivity index (χ4v) is 3.04. The molecule has 0 radical (unpaired) electrons. The molecule has 0 fully saturated rings. The molecule has 0 saturated heterocycles. The average Bonchev–Trinajstić information content (AvgIpc) is 3.00. The summed E-state index contributed by atoms with van der Waals surface area (Å²) >= 11 is 1.41. The Bertz CT molecular complexity index is 814. The number of aliphatic hydroxyl groups is 1. The van der Waals surface area contributed by atoms with E-state index in [1.165, 1.54) is 11.3 Å². The number of rotatable bonds is 2. The van der Waals surface area contributed by atoms with Gasteiger partial charge in [-0.05, 0) is 11.4 Å². The summed E-state index contributed by atoms with van der Waals surface area (Å²) in [5.41, 5.74) is 5.49. The van der Waals surface area contributed by atoms with Crippen molar-refractivity contribution in [1.82, 2.24) is 0 Å². The number of fused-ring (bicyclic) bond motifs is 1. The maximum atomic E-state index is 12.0. The lowest BCUT2D eigenvalue weighted by molar-refractivity contribution is 0.232. The lowest BCUT2D eigenvalue weighted by Gasteiger charge is -2.23. The molecule has 3 heterocycles. The zero-order chi connectivity index (χ0) is 15.0. The van der Waals surface area contributed by atoms with Crippen LogP contribution in [0.1, 0.15) is 22.3 Å². The van der Waals surface area contributed by atoms with Gasteiger partial charge in [-0.2, -0.15) is 5.26 Å². The maximum absolute atomic E-state index is 12.0. The third-order valence-electron chi connectivity index (χ3n) is 3.11. The highest BCUT2D eigenvalue weighted by Crippen LogP contribution is 2.42. The monoisotopic (exact) mass is 302 g/mol. The molecule has 2 aromatic heterocycles. The largest absolute Gasteiger partial charge is 0.458 e. The summed E-state index contributed by atoms with van der Waals surface area (Å²) in [5.74, 6) is -0.436. The molecular weight excluding hydrogens is 292 g/mol. The molecule has 0 spiro atoms. The van der Waals surface area contributed by atoms with Crippen LogP contribution in [0.2, 0.25) is 0 Å². The Labute approximate surface area is 123 Å². The van der Waals surface area contributed by atoms with Crippen LogP contribution in [0.3, 0.4) is 0 Å². The van der Waals surface area contributed by atoms with Gasteiger partial charge in [0.15, 0.2) is 5.76 Å². The average molecular weight is 302 g/mol. The molecule has 1 aliphatic heterocycles. The number of nitriles is 1. The summed E-state index contributed by atoms with van der Waals surface area (Å²) in [7, 11) is 0. The van der Waals surface area contributed by atoms with Gasteiger partial charge < -0.3 is 20.0 Å². The molecule has 0 aromatic carbocycles. The molecule has 3 rings (SSSR count). The molecule has 106 valence electrons. The smallest absolute Gasteiger partial charge is 0.228 e. The number of thiophene rings is 1. The van der Waals surface area contributed by atoms with E-state index in [4.69, 9.17) is 14.9 Å². The molecule has 3 N–H and O–H groups in total. The molecule has 0 saturated carbocycles. The molecule has 21 heavy (non-hydrogen) atoms. The Hall–Kier alpha value is -2.56. The van der Waals surface area contributed by atoms with Crippen LogP contribution < -0.4 is 15.9 Å². The van der Waals surface area contributed by atoms with Gasteiger partial charge in [0, 0.05) is 10.9 Å². The number of hydrogen-bond acceptors (Lipinski definition) is 7. The van der Waals surface area contributed by atoms with Crippen molar-refractivity contribution >= 4 is 11.3 Å². The van der Waals surface area contributed by atoms with Crippen LogP contribution >= 0.6 is 11.3 Å². The van der Waals surface area contributed by atoms with Gasteiger partial charge in [0.2, 0.25) is 17.1 Å². The van der Waals surface area contributed by atoms with Crippen molar-refractivity contribution in [2.24, 2.45) is 5.73 Å². The molecule has 0 amide bonds. The zero-order valence-electron chi connectivity index (χ0n) is 10.7. The predicted octanol–water partition coefficient (Wildman–Crippen LogP) is 1.41. The summed E-state index contributed by atoms with van der Waals surface area (Å²) in [4.78, 5) is 12.8. The second-order valence-corrected chi connectivity index (χ2v) is 5.35. The van der Waals surface area contributed by atoms with Gasteiger partial charge in [0.05, 0.1) is 5.92 Å². The molecule has 0 aliphatic carbocycles. The number of nitrogens with zero attached hydrogens (tertiary/aromatic N) is 1. The Morgan fingerprint density at radius 1 is 1.52 bits per heavy atom. The first-order valence-corrected chi connectivity index (χ1v) is 6.92. The first-order chi connectivity index (χ1) is 10.2. The van der Waals surface area contributed by atoms with Crippen molar-refractivity contribution in [3.8, 4) is 11.8 Å². The molecule has 1 aliphatic rings. The van der Waals surface area contributed by atoms with Gasteiger partial charge in [-0.15, -0.1) is 11.3 Å². The van der Waals surface area contributed by atoms with E-state index in [0.717, 1.165) is 10.9 Å². The summed E-state index contributed by atoms with van der Waals surface area (Å²) in [5, 5.41) is 20.4. The number of ether oxygens (including phenoxy) is 1. The van der Waals surface area contributed by atoms with Crippen LogP contribution in [-0.4, -0.2) is 5.11 Å². The summed E-state index contributed by atoms with van der Waals surface area (Å²) in [6.07, 6.45) is 0. The number of allylic oxidation sites excluding steroid dienone is 1. The quantitative estimate of drug-likeness (QED) is 0.868. The molecule has 6 nitrogen and oxygen atoms in total. The normalized spacial score (nSPS) is 17.0. The Morgan fingerprint density at radius 3 is 2.95 bits per heavy atom. The Balaban J connectivity index is 2.30. The van der Waals surface area contributed by atoms with Crippen molar-refractivity contribution in [2.45, 2.75) is 12.5 Å². The maximum Gasteiger partial charge on any atom is 0.228 e. The van der Waals surface area contributed by atoms with Gasteiger partial charge in [0.25, 0.3) is 0 Å². The van der Waals surface area contributed by atoms with Crippen LogP contribution in [0.4, 0.5) is 0 Å². The third kappa shape index (κ3) is 2.11. The second-order valence-electron chi connectivity index (χ2n) is 4.37. The summed E-state index contributed by atoms with van der Waals surface area (Å²) in [6.45, 7) is -0.416. The van der Waals surface area contributed by atoms with Gasteiger partial charge in [-0.25, -0.2) is 0 Å². The SMILES string of the molecule is N#CC1=C(N)Oc2c(oc(CO)cc2=O)[C@H]1c1cccs1. The van der Waals surface area contributed by atoms with Crippen LogP contribution in [0.15, 0.2) is 44.2 Å². The van der Waals surface area contributed by atoms with Crippen molar-refractivity contribution in [3.63, 3.8) is 0 Å². The lowest BCUT2D eigenvalue weighted by atomic mass is 9.93. The van der Waals surface area contributed by atoms with E-state index in [1.807, 2.05) is 23.6 Å². The molecule has 7 heteroatoms. The fourth-order valence-electron chi connectivity index (χ4n) is 2.20. The molecule has 1 atom stereocenters. The first kappa shape index (κ1) is 13.4. The zero-order valence-corrected chi connectivity index (χ0v) is 11.5. The van der Waals surface area contributed by atoms with Crippen LogP contribution in [0.5, 0.6) is 5.75 Å². The van der Waals surface area contributed by atoms with E-state index in [0.29, 0.717) is 0 Å². The Morgan fingerprint density at radius 2 is 2.33 bits per heavy atom. The highest BCUT2D eigenvalue weighted by Gasteiger charge is 2.35. The standard InChI is InChI=1S/C14H10N2O4S/c15-5-8-11(10-2-1-3-21-10)13-12(20-14(8)16)9(18)4-7(6-17)19-13/h1-4,11,17H,6,16H2/t11-/m1/s1. The lowest BCUT2D eigenvalue weighted by Crippen LogP contribution is -2.25. The highest BCUT2D eigenvalue weighted by atomic mass is 32.1. The minimum Gasteiger partial charge on any atom is -0.458 e. The first-order valence-electron chi connectivity index (χ1n) is 6.04. The van der Waals surface area contributed by atoms with Crippen LogP contribution in [-0.2, 0) is 6.61 Å². The minimum atomic E-state index is -0.599. The number of hydrogen-bond donors (Lipinski definition) is 2. The van der Waals surface area contributed by atoms with Gasteiger partial charge in [-0.1, -0.05) is 6.07 Å². The summed E-state index contributed by atoms with van der Waals surface area (Å²) < 4.78 is 10.8. The van der Waals surface area contributed by atoms with E-state index >= 15 is 0 Å². The molecule has 0 unspecified atom stereocenters. The van der Waals surface area contributed by atoms with Crippen molar-refractivity contribution in [1.29, 1.82) is 5.26 Å². The minimum absolute atomic E-state index is 0.0397. The Kier molecular flexibility index (Phi) is 3.25. The van der Waals surface area contributed by atoms with E-state index in [9.17, 15) is 15.2 Å². The van der Waals surface area contributed by atoms with E-state index in [2.05, 4.69) is 0 Å². The third-order valence-corrected chi connectivity index (χ3v) is 4.05. The van der Waals surface area contributed by atoms with Crippen LogP contribution in [0.25, 0.3) is 0 Å². The van der Waals surface area contributed by atoms with Crippen molar-refractivity contribution < 1.29 is 14.3 Å². The predicted molar refractivity (Wildman–Crippen MR) is 74.5 cm³/mol. The second kappa shape index (κ2) is 5.09. The van der Waals surface area contributed by atoms with Gasteiger partial charge >= 0.3 is 0 Å². The van der Waals surface area contributed by atoms with Gasteiger partial charge in [-0.3, -0.25) is 4.79 Å². The van der Waals surface area contributed by atoms with E-state index < -0.39 is 18.0 Å². The van der Waals surface area contributed by atoms with E-state index in [1.54, 1.807) is 0 Å². The highest BCUT2D eigenvalue weighted by molar-refractivity contribution is 7.10. The summed E-state index contributed by atoms with van der Waals surface area (Å²) in [6, 6.07) is 6.80. The molecular formula is C14H10N2O4S. The number of aliphatic hydroxyl groups excluding tert-OH is 1. The van der Waals surface area contributed by atoms with E-state index in [-0.39, 0.29) is 28.7 Å². The fraction of sp³-hybridized carbons (Fsp3) is 0.143. The molecule has 0 bridgehead atoms.